The highest BCUT2D eigenvalue weighted by atomic mass is 32.2. The first-order valence-corrected chi connectivity index (χ1v) is 14.3. The average molecular weight is 559 g/mol. The van der Waals surface area contributed by atoms with Crippen LogP contribution in [-0.2, 0) is 32.1 Å². The standard InChI is InChI=1S/C36H30O4S/c37-33(40-34(28-17-7-2-8-18-28)29-19-9-3-10-20-29)25-30-21-13-14-24-32(30)35(41-31-22-11-4-12-23-31)36(38)39-26-27-15-5-1-6-16-27/h1-24,34-35H,25-26H2. The molecule has 1 atom stereocenters. The third kappa shape index (κ3) is 7.74. The molecule has 5 aromatic rings. The number of carbonyl (C=O) groups is 2. The van der Waals surface area contributed by atoms with Crippen molar-refractivity contribution in [3.63, 3.8) is 0 Å². The average Bonchev–Trinajstić information content (AvgIpc) is 3.03. The summed E-state index contributed by atoms with van der Waals surface area (Å²) >= 11 is 1.41. The topological polar surface area (TPSA) is 52.6 Å². The summed E-state index contributed by atoms with van der Waals surface area (Å²) in [6.07, 6.45) is -0.521. The zero-order chi connectivity index (χ0) is 28.3. The monoisotopic (exact) mass is 558 g/mol. The van der Waals surface area contributed by atoms with Crippen molar-refractivity contribution in [3.05, 3.63) is 173 Å². The van der Waals surface area contributed by atoms with Gasteiger partial charge >= 0.3 is 11.9 Å². The van der Waals surface area contributed by atoms with Gasteiger partial charge < -0.3 is 9.47 Å². The van der Waals surface area contributed by atoms with E-state index in [0.29, 0.717) is 0 Å². The molecule has 0 saturated heterocycles. The van der Waals surface area contributed by atoms with Crippen LogP contribution >= 0.6 is 11.8 Å². The zero-order valence-electron chi connectivity index (χ0n) is 22.5. The molecule has 0 aromatic heterocycles. The number of thioether (sulfide) groups is 1. The number of esters is 2. The van der Waals surface area contributed by atoms with E-state index in [1.54, 1.807) is 0 Å². The minimum Gasteiger partial charge on any atom is -0.460 e. The molecule has 0 aliphatic rings. The van der Waals surface area contributed by atoms with Crippen molar-refractivity contribution in [1.29, 1.82) is 0 Å². The van der Waals surface area contributed by atoms with Crippen molar-refractivity contribution < 1.29 is 19.1 Å². The molecule has 5 rings (SSSR count). The summed E-state index contributed by atoms with van der Waals surface area (Å²) in [4.78, 5) is 27.9. The summed E-state index contributed by atoms with van der Waals surface area (Å²) in [7, 11) is 0. The van der Waals surface area contributed by atoms with Gasteiger partial charge in [0.2, 0.25) is 0 Å². The lowest BCUT2D eigenvalue weighted by molar-refractivity contribution is -0.147. The second kappa shape index (κ2) is 14.1. The van der Waals surface area contributed by atoms with E-state index in [1.165, 1.54) is 11.8 Å². The molecule has 41 heavy (non-hydrogen) atoms. The number of hydrogen-bond donors (Lipinski definition) is 0. The van der Waals surface area contributed by atoms with Crippen molar-refractivity contribution in [3.8, 4) is 0 Å². The van der Waals surface area contributed by atoms with Crippen LogP contribution < -0.4 is 0 Å². The molecule has 204 valence electrons. The molecule has 0 heterocycles. The van der Waals surface area contributed by atoms with Gasteiger partial charge in [-0.05, 0) is 39.9 Å². The zero-order valence-corrected chi connectivity index (χ0v) is 23.3. The van der Waals surface area contributed by atoms with Gasteiger partial charge in [0.1, 0.15) is 11.9 Å². The molecule has 5 heteroatoms. The summed E-state index contributed by atoms with van der Waals surface area (Å²) in [5.74, 6) is -0.744. The molecule has 0 N–H and O–H groups in total. The summed E-state index contributed by atoms with van der Waals surface area (Å²) in [6.45, 7) is 0.172. The highest BCUT2D eigenvalue weighted by Crippen LogP contribution is 2.38. The molecule has 0 amide bonds. The van der Waals surface area contributed by atoms with E-state index in [1.807, 2.05) is 146 Å². The molecular formula is C36H30O4S. The number of rotatable bonds is 11. The Hall–Kier alpha value is -4.61. The van der Waals surface area contributed by atoms with Gasteiger partial charge in [-0.2, -0.15) is 0 Å². The third-order valence-electron chi connectivity index (χ3n) is 6.56. The van der Waals surface area contributed by atoms with Crippen LogP contribution in [0.15, 0.2) is 150 Å². The molecular weight excluding hydrogens is 528 g/mol. The van der Waals surface area contributed by atoms with Gasteiger partial charge in [-0.15, -0.1) is 11.8 Å². The van der Waals surface area contributed by atoms with Crippen LogP contribution in [0.5, 0.6) is 0 Å². The molecule has 5 aromatic carbocycles. The quantitative estimate of drug-likeness (QED) is 0.121. The number of carbonyl (C=O) groups excluding carboxylic acids is 2. The molecule has 0 fully saturated rings. The maximum atomic E-state index is 13.5. The molecule has 0 aliphatic carbocycles. The maximum Gasteiger partial charge on any atom is 0.324 e. The van der Waals surface area contributed by atoms with Crippen LogP contribution in [0, 0.1) is 0 Å². The van der Waals surface area contributed by atoms with E-state index in [9.17, 15) is 9.59 Å². The van der Waals surface area contributed by atoms with E-state index in [2.05, 4.69) is 0 Å². The van der Waals surface area contributed by atoms with Crippen LogP contribution in [0.1, 0.15) is 39.2 Å². The number of hydrogen-bond acceptors (Lipinski definition) is 5. The van der Waals surface area contributed by atoms with Gasteiger partial charge in [0.05, 0.1) is 6.42 Å². The van der Waals surface area contributed by atoms with Gasteiger partial charge in [0, 0.05) is 4.90 Å². The second-order valence-corrected chi connectivity index (χ2v) is 10.6. The Kier molecular flexibility index (Phi) is 9.64. The fourth-order valence-corrected chi connectivity index (χ4v) is 5.65. The van der Waals surface area contributed by atoms with E-state index in [0.717, 1.165) is 32.7 Å². The first kappa shape index (κ1) is 27.9. The fourth-order valence-electron chi connectivity index (χ4n) is 4.54. The Bertz CT molecular complexity index is 1500. The van der Waals surface area contributed by atoms with E-state index in [4.69, 9.17) is 9.47 Å². The maximum absolute atomic E-state index is 13.5. The van der Waals surface area contributed by atoms with Crippen LogP contribution in [-0.4, -0.2) is 11.9 Å². The number of benzene rings is 5. The molecule has 4 nitrogen and oxygen atoms in total. The van der Waals surface area contributed by atoms with Crippen molar-refractivity contribution in [2.45, 2.75) is 29.3 Å². The Balaban J connectivity index is 1.39. The highest BCUT2D eigenvalue weighted by molar-refractivity contribution is 8.00. The van der Waals surface area contributed by atoms with Crippen molar-refractivity contribution in [1.82, 2.24) is 0 Å². The lowest BCUT2D eigenvalue weighted by atomic mass is 10.00. The fraction of sp³-hybridized carbons (Fsp3) is 0.111. The molecule has 0 spiro atoms. The lowest BCUT2D eigenvalue weighted by Gasteiger charge is -2.21. The highest BCUT2D eigenvalue weighted by Gasteiger charge is 2.28. The normalized spacial score (nSPS) is 11.5. The first-order valence-electron chi connectivity index (χ1n) is 13.5. The smallest absolute Gasteiger partial charge is 0.324 e. The molecule has 1 unspecified atom stereocenters. The Morgan fingerprint density at radius 1 is 0.610 bits per heavy atom. The van der Waals surface area contributed by atoms with Crippen LogP contribution in [0.3, 0.4) is 0 Å². The van der Waals surface area contributed by atoms with Gasteiger partial charge in [0.25, 0.3) is 0 Å². The molecule has 0 bridgehead atoms. The Labute approximate surface area is 245 Å². The SMILES string of the molecule is O=C(Cc1ccccc1C(Sc1ccccc1)C(=O)OCc1ccccc1)OC(c1ccccc1)c1ccccc1. The van der Waals surface area contributed by atoms with Crippen molar-refractivity contribution in [2.24, 2.45) is 0 Å². The third-order valence-corrected chi connectivity index (χ3v) is 7.79. The summed E-state index contributed by atoms with van der Waals surface area (Å²) in [6, 6.07) is 46.3. The Morgan fingerprint density at radius 3 is 1.73 bits per heavy atom. The predicted molar refractivity (Wildman–Crippen MR) is 162 cm³/mol. The van der Waals surface area contributed by atoms with Gasteiger partial charge in [-0.25, -0.2) is 0 Å². The molecule has 0 radical (unpaired) electrons. The summed E-state index contributed by atoms with van der Waals surface area (Å²) in [5, 5.41) is -0.663. The minimum atomic E-state index is -0.663. The molecule has 0 aliphatic heterocycles. The summed E-state index contributed by atoms with van der Waals surface area (Å²) in [5.41, 5.74) is 4.15. The van der Waals surface area contributed by atoms with Gasteiger partial charge in [0.15, 0.2) is 6.10 Å². The van der Waals surface area contributed by atoms with E-state index >= 15 is 0 Å². The summed E-state index contributed by atoms with van der Waals surface area (Å²) < 4.78 is 11.9. The van der Waals surface area contributed by atoms with Crippen LogP contribution in [0.4, 0.5) is 0 Å². The minimum absolute atomic E-state index is 0.0180. The second-order valence-electron chi connectivity index (χ2n) is 9.47. The van der Waals surface area contributed by atoms with Gasteiger partial charge in [-0.1, -0.05) is 133 Å². The lowest BCUT2D eigenvalue weighted by Crippen LogP contribution is -2.18. The van der Waals surface area contributed by atoms with Crippen LogP contribution in [0.25, 0.3) is 0 Å². The largest absolute Gasteiger partial charge is 0.460 e. The first-order chi connectivity index (χ1) is 20.2. The van der Waals surface area contributed by atoms with Gasteiger partial charge in [-0.3, -0.25) is 9.59 Å². The van der Waals surface area contributed by atoms with Crippen LogP contribution in [0.2, 0.25) is 0 Å². The number of ether oxygens (including phenoxy) is 2. The van der Waals surface area contributed by atoms with Crippen molar-refractivity contribution >= 4 is 23.7 Å². The van der Waals surface area contributed by atoms with E-state index < -0.39 is 11.4 Å². The Morgan fingerprint density at radius 2 is 1.12 bits per heavy atom. The molecule has 0 saturated carbocycles. The predicted octanol–water partition coefficient (Wildman–Crippen LogP) is 8.14. The van der Waals surface area contributed by atoms with Crippen molar-refractivity contribution in [2.75, 3.05) is 0 Å². The van der Waals surface area contributed by atoms with E-state index in [-0.39, 0.29) is 25.0 Å².